The second-order valence-electron chi connectivity index (χ2n) is 5.89. The highest BCUT2D eigenvalue weighted by atomic mass is 31.2. The van der Waals surface area contributed by atoms with Gasteiger partial charge in [0.25, 0.3) is 0 Å². The molecule has 0 fully saturated rings. The Morgan fingerprint density at radius 2 is 1.38 bits per heavy atom. The van der Waals surface area contributed by atoms with Crippen LogP contribution in [-0.2, 0) is 28.2 Å². The fraction of sp³-hybridized carbons (Fsp3) is 1.00. The van der Waals surface area contributed by atoms with Crippen molar-refractivity contribution in [3.05, 3.63) is 0 Å². The first kappa shape index (κ1) is 23.9. The molecular weight excluding hydrogens is 343 g/mol. The number of rotatable bonds is 16. The van der Waals surface area contributed by atoms with Crippen molar-refractivity contribution in [2.45, 2.75) is 39.7 Å². The third kappa shape index (κ3) is 13.2. The summed E-state index contributed by atoms with van der Waals surface area (Å²) in [7, 11) is -4.42. The normalized spacial score (nSPS) is 14.1. The molecule has 0 saturated carbocycles. The molecule has 0 aliphatic heterocycles. The maximum atomic E-state index is 10.4. The summed E-state index contributed by atoms with van der Waals surface area (Å²) >= 11 is 0. The Labute approximate surface area is 143 Å². The highest BCUT2D eigenvalue weighted by molar-refractivity contribution is 7.46. The second-order valence-corrected chi connectivity index (χ2v) is 7.13. The fourth-order valence-corrected chi connectivity index (χ4v) is 2.07. The van der Waals surface area contributed by atoms with E-state index in [0.29, 0.717) is 39.5 Å². The second kappa shape index (κ2) is 13.2. The lowest BCUT2D eigenvalue weighted by Crippen LogP contribution is -2.32. The Bertz CT molecular complexity index is 345. The molecule has 9 nitrogen and oxygen atoms in total. The standard InChI is InChI=1S/C14H31O9P/c1-4-14(2,3)13(23-15)5-6-19-7-8-20-9-10-21-11-12-22-24(16,17)18/h13,15H,4-12H2,1-3H3,(H2,16,17,18). The summed E-state index contributed by atoms with van der Waals surface area (Å²) in [6, 6.07) is 0. The molecule has 146 valence electrons. The van der Waals surface area contributed by atoms with Gasteiger partial charge in [-0.05, 0) is 11.8 Å². The first-order valence-electron chi connectivity index (χ1n) is 7.96. The van der Waals surface area contributed by atoms with Crippen LogP contribution < -0.4 is 0 Å². The molecule has 10 heteroatoms. The van der Waals surface area contributed by atoms with Crippen LogP contribution in [0, 0.1) is 5.41 Å². The zero-order valence-electron chi connectivity index (χ0n) is 14.7. The zero-order chi connectivity index (χ0) is 18.5. The van der Waals surface area contributed by atoms with Crippen LogP contribution in [0.3, 0.4) is 0 Å². The Hall–Kier alpha value is -0.0900. The van der Waals surface area contributed by atoms with Gasteiger partial charge in [-0.25, -0.2) is 9.45 Å². The summed E-state index contributed by atoms with van der Waals surface area (Å²) in [5.41, 5.74) is -0.116. The van der Waals surface area contributed by atoms with Gasteiger partial charge < -0.3 is 24.0 Å². The minimum absolute atomic E-state index is 0.0841. The maximum absolute atomic E-state index is 10.4. The fourth-order valence-electron chi connectivity index (χ4n) is 1.76. The summed E-state index contributed by atoms with van der Waals surface area (Å²) in [6.45, 7) is 7.96. The van der Waals surface area contributed by atoms with E-state index in [1.807, 2.05) is 20.8 Å². The van der Waals surface area contributed by atoms with Crippen LogP contribution in [0.4, 0.5) is 0 Å². The van der Waals surface area contributed by atoms with Crippen molar-refractivity contribution in [3.8, 4) is 0 Å². The van der Waals surface area contributed by atoms with Crippen LogP contribution in [0.2, 0.25) is 0 Å². The van der Waals surface area contributed by atoms with Gasteiger partial charge in [-0.2, -0.15) is 0 Å². The molecule has 0 aromatic heterocycles. The predicted octanol–water partition coefficient (Wildman–Crippen LogP) is 1.83. The number of hydrogen-bond acceptors (Lipinski definition) is 7. The van der Waals surface area contributed by atoms with E-state index in [4.69, 9.17) is 29.3 Å². The smallest absolute Gasteiger partial charge is 0.379 e. The van der Waals surface area contributed by atoms with Crippen molar-refractivity contribution >= 4 is 7.82 Å². The highest BCUT2D eigenvalue weighted by Crippen LogP contribution is 2.35. The minimum atomic E-state index is -4.42. The van der Waals surface area contributed by atoms with Gasteiger partial charge in [0, 0.05) is 13.0 Å². The van der Waals surface area contributed by atoms with E-state index in [1.54, 1.807) is 0 Å². The van der Waals surface area contributed by atoms with Crippen molar-refractivity contribution in [3.63, 3.8) is 0 Å². The quantitative estimate of drug-likeness (QED) is 0.161. The summed E-state index contributed by atoms with van der Waals surface area (Å²) < 4.78 is 30.4. The number of hydrogen-bond donors (Lipinski definition) is 3. The van der Waals surface area contributed by atoms with Gasteiger partial charge in [-0.15, -0.1) is 0 Å². The van der Waals surface area contributed by atoms with Crippen molar-refractivity contribution < 1.29 is 43.2 Å². The molecule has 0 aromatic carbocycles. The van der Waals surface area contributed by atoms with E-state index in [-0.39, 0.29) is 24.7 Å². The molecule has 24 heavy (non-hydrogen) atoms. The van der Waals surface area contributed by atoms with Crippen LogP contribution in [-0.4, -0.2) is 67.4 Å². The molecule has 0 heterocycles. The average Bonchev–Trinajstić information content (AvgIpc) is 2.50. The molecule has 0 aliphatic rings. The maximum Gasteiger partial charge on any atom is 0.469 e. The van der Waals surface area contributed by atoms with Gasteiger partial charge in [-0.1, -0.05) is 20.8 Å². The first-order valence-corrected chi connectivity index (χ1v) is 9.49. The van der Waals surface area contributed by atoms with Crippen LogP contribution in [0.1, 0.15) is 33.6 Å². The Balaban J connectivity index is 3.41. The zero-order valence-corrected chi connectivity index (χ0v) is 15.6. The molecule has 3 N–H and O–H groups in total. The molecule has 0 aliphatic carbocycles. The Morgan fingerprint density at radius 1 is 0.917 bits per heavy atom. The summed E-state index contributed by atoms with van der Waals surface area (Å²) in [5.74, 6) is 0. The van der Waals surface area contributed by atoms with E-state index in [9.17, 15) is 4.57 Å². The van der Waals surface area contributed by atoms with Crippen molar-refractivity contribution in [1.29, 1.82) is 0 Å². The lowest BCUT2D eigenvalue weighted by molar-refractivity contribution is -0.304. The van der Waals surface area contributed by atoms with E-state index in [0.717, 1.165) is 6.42 Å². The van der Waals surface area contributed by atoms with Crippen molar-refractivity contribution in [2.24, 2.45) is 5.41 Å². The topological polar surface area (TPSA) is 124 Å². The van der Waals surface area contributed by atoms with Crippen molar-refractivity contribution in [1.82, 2.24) is 0 Å². The molecular formula is C14H31O9P. The monoisotopic (exact) mass is 374 g/mol. The van der Waals surface area contributed by atoms with Crippen LogP contribution >= 0.6 is 7.82 Å². The Morgan fingerprint density at radius 3 is 1.79 bits per heavy atom. The molecule has 0 saturated heterocycles. The third-order valence-electron chi connectivity index (χ3n) is 3.67. The van der Waals surface area contributed by atoms with Gasteiger partial charge in [0.1, 0.15) is 0 Å². The summed E-state index contributed by atoms with van der Waals surface area (Å²) in [4.78, 5) is 21.4. The molecule has 0 radical (unpaired) electrons. The van der Waals surface area contributed by atoms with Gasteiger partial charge in [0.05, 0.1) is 45.7 Å². The minimum Gasteiger partial charge on any atom is -0.379 e. The van der Waals surface area contributed by atoms with E-state index < -0.39 is 7.82 Å². The average molecular weight is 374 g/mol. The van der Waals surface area contributed by atoms with Crippen LogP contribution in [0.15, 0.2) is 0 Å². The first-order chi connectivity index (χ1) is 11.2. The van der Waals surface area contributed by atoms with Gasteiger partial charge in [-0.3, -0.25) is 9.78 Å². The SMILES string of the molecule is CCC(C)(C)C(CCOCCOCCOCCOP(=O)(O)O)OO. The Kier molecular flexibility index (Phi) is 13.1. The van der Waals surface area contributed by atoms with Crippen molar-refractivity contribution in [2.75, 3.05) is 46.2 Å². The predicted molar refractivity (Wildman–Crippen MR) is 86.6 cm³/mol. The molecule has 0 aromatic rings. The number of phosphoric ester groups is 1. The molecule has 0 bridgehead atoms. The lowest BCUT2D eigenvalue weighted by Gasteiger charge is -2.30. The van der Waals surface area contributed by atoms with E-state index in [2.05, 4.69) is 9.41 Å². The largest absolute Gasteiger partial charge is 0.469 e. The van der Waals surface area contributed by atoms with E-state index >= 15 is 0 Å². The molecule has 0 amide bonds. The molecule has 0 rings (SSSR count). The lowest BCUT2D eigenvalue weighted by atomic mass is 9.82. The van der Waals surface area contributed by atoms with Crippen LogP contribution in [0.5, 0.6) is 0 Å². The summed E-state index contributed by atoms with van der Waals surface area (Å²) in [6.07, 6.45) is 1.22. The molecule has 0 spiro atoms. The summed E-state index contributed by atoms with van der Waals surface area (Å²) in [5, 5.41) is 8.95. The van der Waals surface area contributed by atoms with Gasteiger partial charge in [0.2, 0.25) is 0 Å². The van der Waals surface area contributed by atoms with Crippen LogP contribution in [0.25, 0.3) is 0 Å². The van der Waals surface area contributed by atoms with Gasteiger partial charge in [0.15, 0.2) is 0 Å². The molecule has 1 atom stereocenters. The van der Waals surface area contributed by atoms with E-state index in [1.165, 1.54) is 0 Å². The number of phosphoric acid groups is 1. The number of ether oxygens (including phenoxy) is 3. The van der Waals surface area contributed by atoms with Gasteiger partial charge >= 0.3 is 7.82 Å². The molecule has 1 unspecified atom stereocenters. The third-order valence-corrected chi connectivity index (χ3v) is 4.18. The highest BCUT2D eigenvalue weighted by Gasteiger charge is 2.28.